The van der Waals surface area contributed by atoms with Crippen LogP contribution >= 0.6 is 0 Å². The second-order valence-corrected chi connectivity index (χ2v) is 8.18. The Hall–Kier alpha value is -3.21. The maximum absolute atomic E-state index is 12.9. The number of aryl methyl sites for hydroxylation is 1. The molecule has 1 aliphatic heterocycles. The fourth-order valence-corrected chi connectivity index (χ4v) is 4.66. The average Bonchev–Trinajstić information content (AvgIpc) is 2.80. The van der Waals surface area contributed by atoms with Gasteiger partial charge in [0.05, 0.1) is 17.0 Å². The molecule has 0 bridgehead atoms. The smallest absolute Gasteiger partial charge is 0.225 e. The summed E-state index contributed by atoms with van der Waals surface area (Å²) in [4.78, 5) is 27.2. The molecule has 5 rings (SSSR count). The average molecular weight is 399 g/mol. The zero-order valence-electron chi connectivity index (χ0n) is 17.3. The van der Waals surface area contributed by atoms with Crippen molar-refractivity contribution in [3.05, 3.63) is 83.2 Å². The normalized spacial score (nSPS) is 19.0. The Morgan fingerprint density at radius 1 is 0.800 bits per heavy atom. The number of aromatic nitrogens is 2. The number of rotatable bonds is 3. The molecule has 0 saturated carbocycles. The van der Waals surface area contributed by atoms with Gasteiger partial charge in [-0.15, -0.1) is 0 Å². The van der Waals surface area contributed by atoms with Crippen LogP contribution in [-0.2, 0) is 6.42 Å². The quantitative estimate of drug-likeness (QED) is 0.667. The molecule has 1 saturated heterocycles. The number of hydrogen-bond donors (Lipinski definition) is 0. The zero-order chi connectivity index (χ0) is 20.5. The molecular weight excluding hydrogens is 372 g/mol. The van der Waals surface area contributed by atoms with E-state index in [4.69, 9.17) is 9.97 Å². The molecule has 30 heavy (non-hydrogen) atoms. The first kappa shape index (κ1) is 18.8. The second-order valence-electron chi connectivity index (χ2n) is 8.18. The van der Waals surface area contributed by atoms with Crippen LogP contribution in [-0.4, -0.2) is 41.9 Å². The van der Waals surface area contributed by atoms with E-state index >= 15 is 0 Å². The molecule has 1 aromatic heterocycles. The van der Waals surface area contributed by atoms with E-state index in [1.54, 1.807) is 0 Å². The summed E-state index contributed by atoms with van der Waals surface area (Å²) in [6, 6.07) is 20.8. The molecule has 2 aliphatic rings. The summed E-state index contributed by atoms with van der Waals surface area (Å²) in [5, 5.41) is 0. The largest absolute Gasteiger partial charge is 0.368 e. The Morgan fingerprint density at radius 3 is 2.13 bits per heavy atom. The maximum Gasteiger partial charge on any atom is 0.225 e. The van der Waals surface area contributed by atoms with Gasteiger partial charge in [0, 0.05) is 38.3 Å². The summed E-state index contributed by atoms with van der Waals surface area (Å²) in [6.45, 7) is 5.58. The first-order valence-electron chi connectivity index (χ1n) is 10.7. The molecule has 3 aromatic rings. The van der Waals surface area contributed by atoms with Crippen molar-refractivity contribution in [3.8, 4) is 0 Å². The van der Waals surface area contributed by atoms with E-state index in [1.165, 1.54) is 11.3 Å². The predicted molar refractivity (Wildman–Crippen MR) is 119 cm³/mol. The van der Waals surface area contributed by atoms with Crippen LogP contribution in [0.4, 0.5) is 11.6 Å². The summed E-state index contributed by atoms with van der Waals surface area (Å²) in [5.74, 6) is 1.13. The molecule has 152 valence electrons. The first-order chi connectivity index (χ1) is 14.7. The minimum absolute atomic E-state index is 0.169. The monoisotopic (exact) mass is 398 g/mol. The minimum atomic E-state index is 0.169. The van der Waals surface area contributed by atoms with Crippen LogP contribution < -0.4 is 9.80 Å². The van der Waals surface area contributed by atoms with Crippen molar-refractivity contribution in [1.82, 2.24) is 9.97 Å². The Morgan fingerprint density at radius 2 is 1.43 bits per heavy atom. The number of fused-ring (bicyclic) bond motifs is 1. The van der Waals surface area contributed by atoms with E-state index in [1.807, 2.05) is 31.2 Å². The van der Waals surface area contributed by atoms with Gasteiger partial charge in [0.15, 0.2) is 5.78 Å². The molecule has 2 heterocycles. The highest BCUT2D eigenvalue weighted by atomic mass is 16.1. The molecule has 1 atom stereocenters. The van der Waals surface area contributed by atoms with Crippen molar-refractivity contribution in [3.63, 3.8) is 0 Å². The van der Waals surface area contributed by atoms with Crippen molar-refractivity contribution in [1.29, 1.82) is 0 Å². The molecule has 0 amide bonds. The predicted octanol–water partition coefficient (Wildman–Crippen LogP) is 4.02. The number of piperazine rings is 1. The third-order valence-corrected chi connectivity index (χ3v) is 6.26. The number of ketones is 1. The fourth-order valence-electron chi connectivity index (χ4n) is 4.66. The summed E-state index contributed by atoms with van der Waals surface area (Å²) < 4.78 is 0. The third kappa shape index (κ3) is 3.56. The molecule has 1 aliphatic carbocycles. The van der Waals surface area contributed by atoms with Gasteiger partial charge in [0.25, 0.3) is 0 Å². The van der Waals surface area contributed by atoms with E-state index in [-0.39, 0.29) is 11.7 Å². The molecule has 0 unspecified atom stereocenters. The topological polar surface area (TPSA) is 49.3 Å². The number of nitrogens with zero attached hydrogens (tertiary/aromatic N) is 4. The number of para-hydroxylation sites is 1. The van der Waals surface area contributed by atoms with Crippen LogP contribution in [0.15, 0.2) is 60.7 Å². The summed E-state index contributed by atoms with van der Waals surface area (Å²) in [7, 11) is 0. The van der Waals surface area contributed by atoms with Gasteiger partial charge in [0.1, 0.15) is 0 Å². The molecular formula is C25H26N4O. The number of carbonyl (C=O) groups excluding carboxylic acids is 1. The lowest BCUT2D eigenvalue weighted by Crippen LogP contribution is -2.47. The van der Waals surface area contributed by atoms with Crippen molar-refractivity contribution in [2.24, 2.45) is 0 Å². The van der Waals surface area contributed by atoms with Gasteiger partial charge in [0.2, 0.25) is 5.95 Å². The van der Waals surface area contributed by atoms with Crippen LogP contribution in [0.1, 0.15) is 39.6 Å². The lowest BCUT2D eigenvalue weighted by atomic mass is 9.81. The second kappa shape index (κ2) is 7.90. The highest BCUT2D eigenvalue weighted by Crippen LogP contribution is 2.33. The van der Waals surface area contributed by atoms with E-state index < -0.39 is 0 Å². The Balaban J connectivity index is 1.37. The maximum atomic E-state index is 12.9. The van der Waals surface area contributed by atoms with Crippen molar-refractivity contribution in [2.75, 3.05) is 36.0 Å². The number of hydrogen-bond acceptors (Lipinski definition) is 5. The molecule has 0 radical (unpaired) electrons. The van der Waals surface area contributed by atoms with Gasteiger partial charge >= 0.3 is 0 Å². The standard InChI is InChI=1S/C25H26N4O/c1-18-24-22(16-20(17-23(24)30)19-8-4-2-5-9-19)27-25(26-18)29-14-12-28(13-15-29)21-10-6-3-7-11-21/h2-11,20H,12-17H2,1H3/t20-/m1/s1. The Bertz CT molecular complexity index is 1040. The molecule has 1 fully saturated rings. The summed E-state index contributed by atoms with van der Waals surface area (Å²) >= 11 is 0. The number of anilines is 2. The van der Waals surface area contributed by atoms with Gasteiger partial charge in [-0.25, -0.2) is 9.97 Å². The van der Waals surface area contributed by atoms with Crippen LogP contribution in [0.5, 0.6) is 0 Å². The summed E-state index contributed by atoms with van der Waals surface area (Å²) in [5.41, 5.74) is 4.95. The van der Waals surface area contributed by atoms with Crippen LogP contribution in [0.3, 0.4) is 0 Å². The summed E-state index contributed by atoms with van der Waals surface area (Å²) in [6.07, 6.45) is 1.34. The minimum Gasteiger partial charge on any atom is -0.368 e. The van der Waals surface area contributed by atoms with E-state index in [0.717, 1.165) is 55.5 Å². The van der Waals surface area contributed by atoms with Crippen molar-refractivity contribution < 1.29 is 4.79 Å². The highest BCUT2D eigenvalue weighted by Gasteiger charge is 2.31. The highest BCUT2D eigenvalue weighted by molar-refractivity contribution is 5.99. The van der Waals surface area contributed by atoms with Gasteiger partial charge in [-0.3, -0.25) is 4.79 Å². The van der Waals surface area contributed by atoms with Crippen LogP contribution in [0.25, 0.3) is 0 Å². The number of carbonyl (C=O) groups is 1. The van der Waals surface area contributed by atoms with E-state index in [9.17, 15) is 4.79 Å². The lowest BCUT2D eigenvalue weighted by Gasteiger charge is -2.36. The third-order valence-electron chi connectivity index (χ3n) is 6.26. The van der Waals surface area contributed by atoms with Gasteiger partial charge in [-0.05, 0) is 37.0 Å². The van der Waals surface area contributed by atoms with Gasteiger partial charge < -0.3 is 9.80 Å². The molecule has 5 nitrogen and oxygen atoms in total. The van der Waals surface area contributed by atoms with Gasteiger partial charge in [-0.2, -0.15) is 0 Å². The van der Waals surface area contributed by atoms with Crippen LogP contribution in [0, 0.1) is 6.92 Å². The zero-order valence-corrected chi connectivity index (χ0v) is 17.3. The molecule has 5 heteroatoms. The van der Waals surface area contributed by atoms with Gasteiger partial charge in [-0.1, -0.05) is 48.5 Å². The van der Waals surface area contributed by atoms with E-state index in [0.29, 0.717) is 6.42 Å². The molecule has 0 spiro atoms. The number of benzene rings is 2. The SMILES string of the molecule is Cc1nc(N2CCN(c3ccccc3)CC2)nc2c1C(=O)C[C@H](c1ccccc1)C2. The van der Waals surface area contributed by atoms with Crippen LogP contribution in [0.2, 0.25) is 0 Å². The Labute approximate surface area is 177 Å². The lowest BCUT2D eigenvalue weighted by molar-refractivity contribution is 0.0962. The first-order valence-corrected chi connectivity index (χ1v) is 10.7. The molecule has 0 N–H and O–H groups in total. The molecule has 2 aromatic carbocycles. The Kier molecular flexibility index (Phi) is 4.95. The van der Waals surface area contributed by atoms with Crippen molar-refractivity contribution >= 4 is 17.4 Å². The number of Topliss-reactive ketones (excluding diaryl/α,β-unsaturated/α-hetero) is 1. The van der Waals surface area contributed by atoms with E-state index in [2.05, 4.69) is 46.2 Å². The van der Waals surface area contributed by atoms with Crippen molar-refractivity contribution in [2.45, 2.75) is 25.7 Å². The fraction of sp³-hybridized carbons (Fsp3) is 0.320.